The highest BCUT2D eigenvalue weighted by molar-refractivity contribution is 7.98. The minimum absolute atomic E-state index is 0.195. The molecule has 2 heterocycles. The number of nitrogens with one attached hydrogen (secondary N) is 1. The van der Waals surface area contributed by atoms with Crippen LogP contribution in [0.15, 0.2) is 64.5 Å². The zero-order chi connectivity index (χ0) is 23.4. The molecule has 1 amide bonds. The monoisotopic (exact) mass is 498 g/mol. The van der Waals surface area contributed by atoms with Gasteiger partial charge in [0.05, 0.1) is 17.0 Å². The first-order valence-electron chi connectivity index (χ1n) is 9.97. The highest BCUT2D eigenvalue weighted by Crippen LogP contribution is 2.28. The molecule has 7 nitrogen and oxygen atoms in total. The van der Waals surface area contributed by atoms with Crippen LogP contribution < -0.4 is 5.73 Å². The minimum Gasteiger partial charge on any atom is -0.365 e. The van der Waals surface area contributed by atoms with Gasteiger partial charge in [0.25, 0.3) is 5.91 Å². The van der Waals surface area contributed by atoms with E-state index in [1.54, 1.807) is 35.8 Å². The maximum Gasteiger partial charge on any atom is 0.254 e. The number of aromatic nitrogens is 4. The van der Waals surface area contributed by atoms with E-state index in [1.807, 2.05) is 48.5 Å². The van der Waals surface area contributed by atoms with Crippen molar-refractivity contribution >= 4 is 52.9 Å². The van der Waals surface area contributed by atoms with Crippen molar-refractivity contribution < 1.29 is 4.79 Å². The number of hydrogen-bond donors (Lipinski definition) is 2. The van der Waals surface area contributed by atoms with E-state index in [1.165, 1.54) is 0 Å². The van der Waals surface area contributed by atoms with Gasteiger partial charge >= 0.3 is 0 Å². The molecule has 0 saturated heterocycles. The van der Waals surface area contributed by atoms with Crippen molar-refractivity contribution in [2.45, 2.75) is 17.1 Å². The number of primary amides is 1. The molecule has 168 valence electrons. The summed E-state index contributed by atoms with van der Waals surface area (Å²) in [7, 11) is 1.77. The molecular weight excluding hydrogens is 479 g/mol. The fourth-order valence-corrected chi connectivity index (χ4v) is 4.57. The number of nitrogens with zero attached hydrogens (tertiary/aromatic N) is 4. The third-order valence-corrected chi connectivity index (χ3v) is 6.57. The molecule has 33 heavy (non-hydrogen) atoms. The lowest BCUT2D eigenvalue weighted by molar-refractivity contribution is 0.100. The Labute approximate surface area is 205 Å². The fraction of sp³-hybridized carbons (Fsp3) is 0.130. The zero-order valence-corrected chi connectivity index (χ0v) is 20.0. The molecule has 4 rings (SSSR count). The summed E-state index contributed by atoms with van der Waals surface area (Å²) in [6, 6.07) is 17.4. The van der Waals surface area contributed by atoms with Gasteiger partial charge in [-0.2, -0.15) is 10.2 Å². The first kappa shape index (κ1) is 23.1. The lowest BCUT2D eigenvalue weighted by atomic mass is 10.1. The maximum absolute atomic E-state index is 12.2. The van der Waals surface area contributed by atoms with Crippen LogP contribution >= 0.6 is 35.0 Å². The number of aliphatic imine (C=N–C) groups is 1. The SMILES string of the molecule is Cn1nc(CSc2ccccc2)c(C=Nc2n[nH]c(Cc3cccc(Cl)c3)c2C(N)=O)c1Cl. The van der Waals surface area contributed by atoms with Gasteiger partial charge in [-0.25, -0.2) is 4.99 Å². The van der Waals surface area contributed by atoms with Crippen molar-refractivity contribution in [2.24, 2.45) is 17.8 Å². The van der Waals surface area contributed by atoms with Gasteiger partial charge < -0.3 is 5.73 Å². The van der Waals surface area contributed by atoms with Gasteiger partial charge in [-0.15, -0.1) is 11.8 Å². The number of aromatic amines is 1. The molecule has 0 atom stereocenters. The molecule has 2 aromatic heterocycles. The van der Waals surface area contributed by atoms with E-state index < -0.39 is 5.91 Å². The van der Waals surface area contributed by atoms with Crippen LogP contribution in [0, 0.1) is 0 Å². The molecule has 0 bridgehead atoms. The Bertz CT molecular complexity index is 1320. The Balaban J connectivity index is 1.60. The average Bonchev–Trinajstić information content (AvgIpc) is 3.31. The number of amides is 1. The molecule has 0 aliphatic heterocycles. The first-order valence-corrected chi connectivity index (χ1v) is 11.7. The molecule has 0 unspecified atom stereocenters. The summed E-state index contributed by atoms with van der Waals surface area (Å²) in [5.41, 5.74) is 8.79. The van der Waals surface area contributed by atoms with Crippen LogP contribution in [-0.2, 0) is 19.2 Å². The van der Waals surface area contributed by atoms with Crippen molar-refractivity contribution in [3.8, 4) is 0 Å². The summed E-state index contributed by atoms with van der Waals surface area (Å²) in [5, 5.41) is 12.6. The lowest BCUT2D eigenvalue weighted by Gasteiger charge is -2.02. The third kappa shape index (κ3) is 5.47. The van der Waals surface area contributed by atoms with Crippen LogP contribution in [0.4, 0.5) is 5.82 Å². The van der Waals surface area contributed by atoms with Crippen molar-refractivity contribution in [3.05, 3.63) is 92.9 Å². The van der Waals surface area contributed by atoms with Crippen molar-refractivity contribution in [1.82, 2.24) is 20.0 Å². The van der Waals surface area contributed by atoms with Gasteiger partial charge in [0.15, 0.2) is 5.82 Å². The molecule has 3 N–H and O–H groups in total. The number of nitrogens with two attached hydrogens (primary N) is 1. The number of carbonyl (C=O) groups is 1. The van der Waals surface area contributed by atoms with Crippen molar-refractivity contribution in [1.29, 1.82) is 0 Å². The number of carbonyl (C=O) groups excluding carboxylic acids is 1. The van der Waals surface area contributed by atoms with E-state index in [9.17, 15) is 4.79 Å². The quantitative estimate of drug-likeness (QED) is 0.258. The van der Waals surface area contributed by atoms with E-state index >= 15 is 0 Å². The summed E-state index contributed by atoms with van der Waals surface area (Å²) in [6.45, 7) is 0. The highest BCUT2D eigenvalue weighted by Gasteiger charge is 2.19. The van der Waals surface area contributed by atoms with Crippen LogP contribution in [0.25, 0.3) is 0 Å². The number of hydrogen-bond acceptors (Lipinski definition) is 5. The van der Waals surface area contributed by atoms with Gasteiger partial charge in [0.2, 0.25) is 0 Å². The second kappa shape index (κ2) is 10.2. The summed E-state index contributed by atoms with van der Waals surface area (Å²) in [4.78, 5) is 17.7. The van der Waals surface area contributed by atoms with Crippen LogP contribution in [0.2, 0.25) is 10.2 Å². The number of benzene rings is 2. The average molecular weight is 499 g/mol. The van der Waals surface area contributed by atoms with Gasteiger partial charge in [-0.1, -0.05) is 53.5 Å². The second-order valence-electron chi connectivity index (χ2n) is 7.21. The smallest absolute Gasteiger partial charge is 0.254 e. The number of halogens is 2. The van der Waals surface area contributed by atoms with E-state index in [4.69, 9.17) is 28.9 Å². The number of aryl methyl sites for hydroxylation is 1. The normalized spacial score (nSPS) is 11.4. The van der Waals surface area contributed by atoms with E-state index in [0.29, 0.717) is 33.6 Å². The molecule has 4 aromatic rings. The zero-order valence-electron chi connectivity index (χ0n) is 17.6. The van der Waals surface area contributed by atoms with Crippen LogP contribution in [0.5, 0.6) is 0 Å². The largest absolute Gasteiger partial charge is 0.365 e. The predicted molar refractivity (Wildman–Crippen MR) is 133 cm³/mol. The molecule has 0 radical (unpaired) electrons. The third-order valence-electron chi connectivity index (χ3n) is 4.86. The molecule has 0 aliphatic carbocycles. The van der Waals surface area contributed by atoms with Crippen molar-refractivity contribution in [3.63, 3.8) is 0 Å². The van der Waals surface area contributed by atoms with Crippen LogP contribution in [0.1, 0.15) is 32.9 Å². The Morgan fingerprint density at radius 2 is 2.00 bits per heavy atom. The number of rotatable bonds is 8. The lowest BCUT2D eigenvalue weighted by Crippen LogP contribution is -2.13. The van der Waals surface area contributed by atoms with E-state index in [2.05, 4.69) is 20.3 Å². The Morgan fingerprint density at radius 3 is 2.73 bits per heavy atom. The summed E-state index contributed by atoms with van der Waals surface area (Å²) in [6.07, 6.45) is 1.98. The highest BCUT2D eigenvalue weighted by atomic mass is 35.5. The number of H-pyrrole nitrogens is 1. The Hall–Kier alpha value is -3.07. The minimum atomic E-state index is -0.620. The van der Waals surface area contributed by atoms with Gasteiger partial charge in [-0.05, 0) is 29.8 Å². The number of thioether (sulfide) groups is 1. The molecule has 10 heteroatoms. The van der Waals surface area contributed by atoms with Gasteiger partial charge in [-0.3, -0.25) is 14.6 Å². The fourth-order valence-electron chi connectivity index (χ4n) is 3.30. The molecular formula is C23H20Cl2N6OS. The summed E-state index contributed by atoms with van der Waals surface area (Å²) >= 11 is 14.2. The van der Waals surface area contributed by atoms with Crippen molar-refractivity contribution in [2.75, 3.05) is 0 Å². The molecule has 0 saturated carbocycles. The first-order chi connectivity index (χ1) is 15.9. The second-order valence-corrected chi connectivity index (χ2v) is 9.05. The van der Waals surface area contributed by atoms with Gasteiger partial charge in [0.1, 0.15) is 10.7 Å². The molecule has 0 spiro atoms. The Morgan fingerprint density at radius 1 is 1.21 bits per heavy atom. The molecule has 0 aliphatic rings. The summed E-state index contributed by atoms with van der Waals surface area (Å²) < 4.78 is 1.59. The van der Waals surface area contributed by atoms with E-state index in [-0.39, 0.29) is 11.4 Å². The standard InChI is InChI=1S/C23H20Cl2N6OS/c1-31-21(25)17(19(30-31)13-33-16-8-3-2-4-9-16)12-27-23-20(22(26)32)18(28-29-23)11-14-6-5-7-15(24)10-14/h2-10,12H,11,13H2,1H3,(H2,26,32)(H,28,29). The summed E-state index contributed by atoms with van der Waals surface area (Å²) in [5.74, 6) is 0.181. The molecule has 2 aromatic carbocycles. The molecule has 0 fully saturated rings. The van der Waals surface area contributed by atoms with Crippen LogP contribution in [-0.4, -0.2) is 32.1 Å². The van der Waals surface area contributed by atoms with Gasteiger partial charge in [0, 0.05) is 35.4 Å². The maximum atomic E-state index is 12.2. The van der Waals surface area contributed by atoms with E-state index in [0.717, 1.165) is 16.2 Å². The van der Waals surface area contributed by atoms with Crippen LogP contribution in [0.3, 0.4) is 0 Å². The topological polar surface area (TPSA) is 102 Å². The predicted octanol–water partition coefficient (Wildman–Crippen LogP) is 5.18. The Kier molecular flexibility index (Phi) is 7.17.